The van der Waals surface area contributed by atoms with Crippen LogP contribution in [-0.4, -0.2) is 25.3 Å². The highest BCUT2D eigenvalue weighted by molar-refractivity contribution is 5.86. The van der Waals surface area contributed by atoms with Crippen LogP contribution in [0.4, 0.5) is 0 Å². The maximum atomic E-state index is 12.1. The predicted molar refractivity (Wildman–Crippen MR) is 65.3 cm³/mol. The number of hydrogen-bond acceptors (Lipinski definition) is 4. The predicted octanol–water partition coefficient (Wildman–Crippen LogP) is 0.883. The average Bonchev–Trinajstić information content (AvgIpc) is 2.83. The van der Waals surface area contributed by atoms with Crippen LogP contribution in [0.5, 0.6) is 0 Å². The van der Waals surface area contributed by atoms with Gasteiger partial charge in [-0.05, 0) is 12.8 Å². The number of imidazole rings is 1. The van der Waals surface area contributed by atoms with Gasteiger partial charge in [0.25, 0.3) is 5.56 Å². The fourth-order valence-corrected chi connectivity index (χ4v) is 2.55. The number of ketones is 1. The van der Waals surface area contributed by atoms with E-state index < -0.39 is 0 Å². The molecular formula is C12H14N4O2. The third kappa shape index (κ3) is 1.56. The van der Waals surface area contributed by atoms with E-state index in [2.05, 4.69) is 15.0 Å². The zero-order chi connectivity index (χ0) is 12.7. The minimum Gasteiger partial charge on any atom is -0.329 e. The molecule has 6 heteroatoms. The second-order valence-electron chi connectivity index (χ2n) is 4.70. The van der Waals surface area contributed by atoms with Gasteiger partial charge in [-0.1, -0.05) is 6.42 Å². The van der Waals surface area contributed by atoms with Crippen molar-refractivity contribution in [2.45, 2.75) is 31.6 Å². The van der Waals surface area contributed by atoms with Crippen molar-refractivity contribution < 1.29 is 4.79 Å². The second-order valence-corrected chi connectivity index (χ2v) is 4.70. The van der Waals surface area contributed by atoms with Gasteiger partial charge in [-0.3, -0.25) is 14.2 Å². The normalized spacial score (nSPS) is 20.5. The first-order valence-corrected chi connectivity index (χ1v) is 6.11. The zero-order valence-corrected chi connectivity index (χ0v) is 10.1. The quantitative estimate of drug-likeness (QED) is 0.810. The molecule has 0 aliphatic heterocycles. The molecule has 1 fully saturated rings. The summed E-state index contributed by atoms with van der Waals surface area (Å²) >= 11 is 0. The zero-order valence-electron chi connectivity index (χ0n) is 10.1. The van der Waals surface area contributed by atoms with Crippen molar-refractivity contribution in [2.75, 3.05) is 0 Å². The van der Waals surface area contributed by atoms with E-state index in [0.29, 0.717) is 23.4 Å². The number of carbonyl (C=O) groups is 1. The highest BCUT2D eigenvalue weighted by Gasteiger charge is 2.28. The standard InChI is InChI=1S/C12H14N4O2/c1-16-11(7-4-2-3-5-8(7)17)15-10-9(12(16)18)13-6-14-10/h6-7H,2-5H2,1H3,(H,13,14). The molecule has 0 amide bonds. The Morgan fingerprint density at radius 3 is 3.00 bits per heavy atom. The second kappa shape index (κ2) is 4.04. The molecule has 1 unspecified atom stereocenters. The Kier molecular flexibility index (Phi) is 2.50. The number of nitrogens with one attached hydrogen (secondary N) is 1. The molecule has 2 aromatic rings. The summed E-state index contributed by atoms with van der Waals surface area (Å²) in [5, 5.41) is 0. The smallest absolute Gasteiger partial charge is 0.281 e. The number of rotatable bonds is 1. The maximum Gasteiger partial charge on any atom is 0.281 e. The lowest BCUT2D eigenvalue weighted by atomic mass is 9.87. The fourth-order valence-electron chi connectivity index (χ4n) is 2.55. The first-order valence-electron chi connectivity index (χ1n) is 6.11. The van der Waals surface area contributed by atoms with Crippen molar-refractivity contribution in [3.8, 4) is 0 Å². The van der Waals surface area contributed by atoms with Gasteiger partial charge in [-0.15, -0.1) is 0 Å². The number of Topliss-reactive ketones (excluding diaryl/α,β-unsaturated/α-hetero) is 1. The van der Waals surface area contributed by atoms with Gasteiger partial charge in [0.15, 0.2) is 11.2 Å². The number of H-pyrrole nitrogens is 1. The highest BCUT2D eigenvalue weighted by atomic mass is 16.1. The summed E-state index contributed by atoms with van der Waals surface area (Å²) in [4.78, 5) is 35.2. The van der Waals surface area contributed by atoms with Crippen LogP contribution in [0.1, 0.15) is 37.4 Å². The molecule has 0 bridgehead atoms. The van der Waals surface area contributed by atoms with Crippen LogP contribution in [0.25, 0.3) is 11.2 Å². The number of nitrogens with zero attached hydrogens (tertiary/aromatic N) is 3. The van der Waals surface area contributed by atoms with E-state index in [1.54, 1.807) is 7.05 Å². The topological polar surface area (TPSA) is 80.6 Å². The minimum absolute atomic E-state index is 0.183. The average molecular weight is 246 g/mol. The van der Waals surface area contributed by atoms with Crippen LogP contribution < -0.4 is 5.56 Å². The number of aromatic amines is 1. The summed E-state index contributed by atoms with van der Waals surface area (Å²) in [6.07, 6.45) is 4.76. The molecule has 2 aromatic heterocycles. The molecule has 2 heterocycles. The van der Waals surface area contributed by atoms with Crippen molar-refractivity contribution in [2.24, 2.45) is 7.05 Å². The Hall–Kier alpha value is -1.98. The van der Waals surface area contributed by atoms with E-state index >= 15 is 0 Å². The van der Waals surface area contributed by atoms with Crippen molar-refractivity contribution in [3.05, 3.63) is 22.5 Å². The largest absolute Gasteiger partial charge is 0.329 e. The Morgan fingerprint density at radius 1 is 1.39 bits per heavy atom. The minimum atomic E-state index is -0.246. The number of fused-ring (bicyclic) bond motifs is 1. The summed E-state index contributed by atoms with van der Waals surface area (Å²) in [5.41, 5.74) is 0.589. The van der Waals surface area contributed by atoms with E-state index in [-0.39, 0.29) is 17.3 Å². The summed E-state index contributed by atoms with van der Waals surface area (Å²) in [6, 6.07) is 0. The van der Waals surface area contributed by atoms with Crippen LogP contribution in [0, 0.1) is 0 Å². The van der Waals surface area contributed by atoms with Crippen molar-refractivity contribution in [3.63, 3.8) is 0 Å². The molecule has 18 heavy (non-hydrogen) atoms. The fraction of sp³-hybridized carbons (Fsp3) is 0.500. The molecule has 0 radical (unpaired) electrons. The maximum absolute atomic E-state index is 12.1. The third-order valence-electron chi connectivity index (χ3n) is 3.56. The lowest BCUT2D eigenvalue weighted by molar-refractivity contribution is -0.122. The Bertz CT molecular complexity index is 670. The molecule has 1 aliphatic carbocycles. The summed E-state index contributed by atoms with van der Waals surface area (Å²) in [7, 11) is 1.65. The van der Waals surface area contributed by atoms with E-state index in [9.17, 15) is 9.59 Å². The van der Waals surface area contributed by atoms with Gasteiger partial charge in [0.05, 0.1) is 12.2 Å². The van der Waals surface area contributed by atoms with Crippen LogP contribution in [0.2, 0.25) is 0 Å². The number of hydrogen-bond donors (Lipinski definition) is 1. The molecule has 1 N–H and O–H groups in total. The van der Waals surface area contributed by atoms with Crippen LogP contribution in [0.3, 0.4) is 0 Å². The SMILES string of the molecule is Cn1c(C2CCCCC2=O)nc2[nH]cnc2c1=O. The summed E-state index contributed by atoms with van der Waals surface area (Å²) in [6.45, 7) is 0. The Labute approximate surface area is 103 Å². The number of carbonyl (C=O) groups excluding carboxylic acids is 1. The molecule has 94 valence electrons. The first kappa shape index (κ1) is 11.1. The Balaban J connectivity index is 2.19. The van der Waals surface area contributed by atoms with E-state index in [1.807, 2.05) is 0 Å². The van der Waals surface area contributed by atoms with Crippen molar-refractivity contribution in [1.82, 2.24) is 19.5 Å². The van der Waals surface area contributed by atoms with Crippen molar-refractivity contribution in [1.29, 1.82) is 0 Å². The van der Waals surface area contributed by atoms with E-state index in [1.165, 1.54) is 10.9 Å². The first-order chi connectivity index (χ1) is 8.68. The molecule has 1 atom stereocenters. The summed E-state index contributed by atoms with van der Waals surface area (Å²) < 4.78 is 1.46. The molecule has 1 saturated carbocycles. The molecule has 0 aromatic carbocycles. The Morgan fingerprint density at radius 2 is 2.22 bits per heavy atom. The van der Waals surface area contributed by atoms with Crippen LogP contribution >= 0.6 is 0 Å². The summed E-state index contributed by atoms with van der Waals surface area (Å²) in [5.74, 6) is 0.494. The molecule has 0 spiro atoms. The molecule has 6 nitrogen and oxygen atoms in total. The van der Waals surface area contributed by atoms with Gasteiger partial charge in [0.1, 0.15) is 11.6 Å². The molecular weight excluding hydrogens is 232 g/mol. The lowest BCUT2D eigenvalue weighted by Gasteiger charge is -2.21. The molecule has 0 saturated heterocycles. The van der Waals surface area contributed by atoms with Gasteiger partial charge in [0.2, 0.25) is 0 Å². The van der Waals surface area contributed by atoms with Gasteiger partial charge >= 0.3 is 0 Å². The third-order valence-corrected chi connectivity index (χ3v) is 3.56. The highest BCUT2D eigenvalue weighted by Crippen LogP contribution is 2.28. The van der Waals surface area contributed by atoms with E-state index in [0.717, 1.165) is 19.3 Å². The van der Waals surface area contributed by atoms with Gasteiger partial charge < -0.3 is 4.98 Å². The van der Waals surface area contributed by atoms with Crippen LogP contribution in [0.15, 0.2) is 11.1 Å². The van der Waals surface area contributed by atoms with Gasteiger partial charge in [-0.2, -0.15) is 0 Å². The molecule has 1 aliphatic rings. The van der Waals surface area contributed by atoms with Gasteiger partial charge in [0, 0.05) is 13.5 Å². The monoisotopic (exact) mass is 246 g/mol. The van der Waals surface area contributed by atoms with Crippen molar-refractivity contribution >= 4 is 16.9 Å². The lowest BCUT2D eigenvalue weighted by Crippen LogP contribution is -2.28. The van der Waals surface area contributed by atoms with Crippen LogP contribution in [-0.2, 0) is 11.8 Å². The van der Waals surface area contributed by atoms with E-state index in [4.69, 9.17) is 0 Å². The molecule has 3 rings (SSSR count). The number of aromatic nitrogens is 4. The van der Waals surface area contributed by atoms with Gasteiger partial charge in [-0.25, -0.2) is 9.97 Å².